The van der Waals surface area contributed by atoms with E-state index in [-0.39, 0.29) is 16.6 Å². The van der Waals surface area contributed by atoms with E-state index >= 15 is 0 Å². The van der Waals surface area contributed by atoms with Gasteiger partial charge < -0.3 is 9.47 Å². The normalized spacial score (nSPS) is 14.1. The summed E-state index contributed by atoms with van der Waals surface area (Å²) in [4.78, 5) is 36.4. The quantitative estimate of drug-likeness (QED) is 0.150. The van der Waals surface area contributed by atoms with E-state index in [0.29, 0.717) is 44.7 Å². The molecule has 1 fully saturated rings. The Hall–Kier alpha value is -3.93. The van der Waals surface area contributed by atoms with E-state index in [0.717, 1.165) is 16.8 Å². The zero-order chi connectivity index (χ0) is 27.2. The summed E-state index contributed by atoms with van der Waals surface area (Å²) in [6.45, 7) is 2.30. The number of thioether (sulfide) groups is 1. The summed E-state index contributed by atoms with van der Waals surface area (Å²) in [7, 11) is 0. The molecule has 1 aliphatic heterocycles. The predicted octanol–water partition coefficient (Wildman–Crippen LogP) is 5.77. The van der Waals surface area contributed by atoms with Gasteiger partial charge in [-0.2, -0.15) is 5.01 Å². The number of nitro groups is 1. The Kier molecular flexibility index (Phi) is 8.62. The summed E-state index contributed by atoms with van der Waals surface area (Å²) >= 11 is 12.2. The van der Waals surface area contributed by atoms with E-state index in [1.54, 1.807) is 60.7 Å². The Morgan fingerprint density at radius 3 is 2.61 bits per heavy atom. The van der Waals surface area contributed by atoms with E-state index < -0.39 is 16.7 Å². The number of nitrogens with one attached hydrogen (secondary N) is 1. The highest BCUT2D eigenvalue weighted by Crippen LogP contribution is 2.34. The topological polar surface area (TPSA) is 111 Å². The molecular formula is C26H20ClN3O6S2. The summed E-state index contributed by atoms with van der Waals surface area (Å²) < 4.78 is 11.8. The van der Waals surface area contributed by atoms with Gasteiger partial charge in [0.05, 0.1) is 16.4 Å². The zero-order valence-electron chi connectivity index (χ0n) is 19.9. The van der Waals surface area contributed by atoms with Crippen LogP contribution in [-0.2, 0) is 11.4 Å². The monoisotopic (exact) mass is 569 g/mol. The van der Waals surface area contributed by atoms with Gasteiger partial charge in [0.15, 0.2) is 15.8 Å². The van der Waals surface area contributed by atoms with E-state index in [2.05, 4.69) is 5.43 Å². The van der Waals surface area contributed by atoms with Crippen LogP contribution in [0.25, 0.3) is 6.08 Å². The lowest BCUT2D eigenvalue weighted by Crippen LogP contribution is -2.44. The SMILES string of the molecule is CCOc1cc(/C=C2/SC(=S)N(NC(=O)c3ccc(Cl)cc3)C2=O)ccc1OCc1cccc([N+](=O)[O-])c1. The van der Waals surface area contributed by atoms with Crippen LogP contribution >= 0.6 is 35.6 Å². The molecule has 3 aromatic carbocycles. The molecule has 38 heavy (non-hydrogen) atoms. The highest BCUT2D eigenvalue weighted by molar-refractivity contribution is 8.26. The van der Waals surface area contributed by atoms with Gasteiger partial charge in [0.2, 0.25) is 0 Å². The molecule has 0 saturated carbocycles. The van der Waals surface area contributed by atoms with Gasteiger partial charge in [-0.3, -0.25) is 25.1 Å². The summed E-state index contributed by atoms with van der Waals surface area (Å²) in [5, 5.41) is 12.5. The van der Waals surface area contributed by atoms with Crippen molar-refractivity contribution in [3.05, 3.63) is 103 Å². The highest BCUT2D eigenvalue weighted by Gasteiger charge is 2.33. The van der Waals surface area contributed by atoms with Crippen LogP contribution in [0, 0.1) is 10.1 Å². The molecule has 0 aliphatic carbocycles. The van der Waals surface area contributed by atoms with Crippen molar-refractivity contribution in [2.75, 3.05) is 6.61 Å². The number of amides is 2. The van der Waals surface area contributed by atoms with Crippen molar-refractivity contribution >= 4 is 63.5 Å². The second kappa shape index (κ2) is 12.1. The molecule has 0 radical (unpaired) electrons. The maximum absolute atomic E-state index is 13.0. The number of nitrogens with zero attached hydrogens (tertiary/aromatic N) is 2. The molecule has 0 bridgehead atoms. The molecule has 1 aliphatic rings. The average Bonchev–Trinajstić information content (AvgIpc) is 3.16. The maximum atomic E-state index is 13.0. The molecule has 0 aromatic heterocycles. The van der Waals surface area contributed by atoms with Crippen molar-refractivity contribution < 1.29 is 24.0 Å². The Morgan fingerprint density at radius 1 is 1.13 bits per heavy atom. The van der Waals surface area contributed by atoms with Crippen molar-refractivity contribution in [2.45, 2.75) is 13.5 Å². The largest absolute Gasteiger partial charge is 0.490 e. The Morgan fingerprint density at radius 2 is 1.89 bits per heavy atom. The van der Waals surface area contributed by atoms with Crippen molar-refractivity contribution in [3.63, 3.8) is 0 Å². The fourth-order valence-corrected chi connectivity index (χ4v) is 4.71. The predicted molar refractivity (Wildman–Crippen MR) is 149 cm³/mol. The van der Waals surface area contributed by atoms with Crippen molar-refractivity contribution in [1.82, 2.24) is 10.4 Å². The van der Waals surface area contributed by atoms with Gasteiger partial charge in [-0.25, -0.2) is 0 Å². The molecule has 1 saturated heterocycles. The number of carbonyl (C=O) groups excluding carboxylic acids is 2. The second-order valence-corrected chi connectivity index (χ2v) is 9.93. The Bertz CT molecular complexity index is 1450. The van der Waals surface area contributed by atoms with E-state index in [4.69, 9.17) is 33.3 Å². The first-order valence-electron chi connectivity index (χ1n) is 11.2. The van der Waals surface area contributed by atoms with Crippen LogP contribution in [0.5, 0.6) is 11.5 Å². The lowest BCUT2D eigenvalue weighted by molar-refractivity contribution is -0.384. The first-order chi connectivity index (χ1) is 18.2. The molecule has 1 heterocycles. The fraction of sp³-hybridized carbons (Fsp3) is 0.115. The lowest BCUT2D eigenvalue weighted by Gasteiger charge is -2.15. The molecule has 1 N–H and O–H groups in total. The molecule has 0 unspecified atom stereocenters. The van der Waals surface area contributed by atoms with Crippen LogP contribution in [0.1, 0.15) is 28.4 Å². The summed E-state index contributed by atoms with van der Waals surface area (Å²) in [6, 6.07) is 17.6. The number of hydrazine groups is 1. The summed E-state index contributed by atoms with van der Waals surface area (Å²) in [5.41, 5.74) is 4.12. The number of halogens is 1. The minimum atomic E-state index is -0.497. The van der Waals surface area contributed by atoms with Crippen LogP contribution in [0.2, 0.25) is 5.02 Å². The molecule has 194 valence electrons. The van der Waals surface area contributed by atoms with Crippen LogP contribution < -0.4 is 14.9 Å². The van der Waals surface area contributed by atoms with Crippen LogP contribution in [0.15, 0.2) is 71.6 Å². The first kappa shape index (κ1) is 27.1. The summed E-state index contributed by atoms with van der Waals surface area (Å²) in [5.74, 6) is -0.0779. The number of hydrogen-bond donors (Lipinski definition) is 1. The molecule has 0 atom stereocenters. The number of rotatable bonds is 9. The minimum absolute atomic E-state index is 0.0202. The van der Waals surface area contributed by atoms with E-state index in [9.17, 15) is 19.7 Å². The van der Waals surface area contributed by atoms with Crippen LogP contribution in [-0.4, -0.2) is 32.7 Å². The average molecular weight is 570 g/mol. The minimum Gasteiger partial charge on any atom is -0.490 e. The van der Waals surface area contributed by atoms with Gasteiger partial charge in [0.1, 0.15) is 6.61 Å². The summed E-state index contributed by atoms with van der Waals surface area (Å²) in [6.07, 6.45) is 1.64. The smallest absolute Gasteiger partial charge is 0.285 e. The number of hydrogen-bond acceptors (Lipinski definition) is 8. The second-order valence-electron chi connectivity index (χ2n) is 7.82. The van der Waals surface area contributed by atoms with Gasteiger partial charge in [-0.1, -0.05) is 41.6 Å². The number of ether oxygens (including phenoxy) is 2. The fourth-order valence-electron chi connectivity index (χ4n) is 3.41. The maximum Gasteiger partial charge on any atom is 0.285 e. The zero-order valence-corrected chi connectivity index (χ0v) is 22.3. The van der Waals surface area contributed by atoms with Gasteiger partial charge in [0, 0.05) is 22.7 Å². The number of non-ortho nitro benzene ring substituents is 1. The van der Waals surface area contributed by atoms with Gasteiger partial charge >= 0.3 is 0 Å². The molecule has 12 heteroatoms. The number of nitro benzene ring substituents is 1. The third kappa shape index (κ3) is 6.49. The molecule has 3 aromatic rings. The molecule has 2 amide bonds. The van der Waals surface area contributed by atoms with Gasteiger partial charge in [-0.15, -0.1) is 0 Å². The Labute approximate surface area is 232 Å². The molecule has 4 rings (SSSR count). The first-order valence-corrected chi connectivity index (χ1v) is 12.8. The number of benzene rings is 3. The highest BCUT2D eigenvalue weighted by atomic mass is 35.5. The van der Waals surface area contributed by atoms with Crippen LogP contribution in [0.3, 0.4) is 0 Å². The van der Waals surface area contributed by atoms with Gasteiger partial charge in [-0.05, 0) is 72.7 Å². The number of carbonyl (C=O) groups is 2. The molecular weight excluding hydrogens is 550 g/mol. The van der Waals surface area contributed by atoms with Crippen molar-refractivity contribution in [2.24, 2.45) is 0 Å². The standard InChI is InChI=1S/C26H20ClN3O6S2/c1-2-35-22-13-16(6-11-21(22)36-15-17-4-3-5-20(12-17)30(33)34)14-23-25(32)29(26(37)38-23)28-24(31)18-7-9-19(27)10-8-18/h3-14H,2,15H2,1H3,(H,28,31)/b23-14+. The van der Waals surface area contributed by atoms with Gasteiger partial charge in [0.25, 0.3) is 17.5 Å². The number of thiocarbonyl (C=S) groups is 1. The lowest BCUT2D eigenvalue weighted by atomic mass is 10.1. The third-order valence-electron chi connectivity index (χ3n) is 5.19. The van der Waals surface area contributed by atoms with E-state index in [1.807, 2.05) is 6.92 Å². The third-order valence-corrected chi connectivity index (χ3v) is 6.75. The van der Waals surface area contributed by atoms with Crippen LogP contribution in [0.4, 0.5) is 5.69 Å². The molecule has 9 nitrogen and oxygen atoms in total. The van der Waals surface area contributed by atoms with Crippen molar-refractivity contribution in [3.8, 4) is 11.5 Å². The van der Waals surface area contributed by atoms with E-state index in [1.165, 1.54) is 12.1 Å². The molecule has 0 spiro atoms. The Balaban J connectivity index is 1.48. The van der Waals surface area contributed by atoms with Crippen molar-refractivity contribution in [1.29, 1.82) is 0 Å².